The second-order valence-corrected chi connectivity index (χ2v) is 3.83. The summed E-state index contributed by atoms with van der Waals surface area (Å²) >= 11 is 0. The molecule has 0 amide bonds. The van der Waals surface area contributed by atoms with Gasteiger partial charge in [-0.1, -0.05) is 12.1 Å². The van der Waals surface area contributed by atoms with Crippen LogP contribution in [0.2, 0.25) is 0 Å². The fourth-order valence-corrected chi connectivity index (χ4v) is 1.37. The number of phenolic OH excluding ortho intramolecular Hbond substituents is 1. The van der Waals surface area contributed by atoms with Crippen LogP contribution in [-0.4, -0.2) is 22.9 Å². The molecular weight excluding hydrogens is 190 g/mol. The van der Waals surface area contributed by atoms with E-state index in [0.29, 0.717) is 5.75 Å². The van der Waals surface area contributed by atoms with Crippen molar-refractivity contribution in [3.05, 3.63) is 29.8 Å². The third kappa shape index (κ3) is 5.40. The lowest BCUT2D eigenvalue weighted by Gasteiger charge is -2.06. The summed E-state index contributed by atoms with van der Waals surface area (Å²) in [5.41, 5.74) is 1.16. The fourth-order valence-electron chi connectivity index (χ4n) is 1.37. The summed E-state index contributed by atoms with van der Waals surface area (Å²) in [6, 6.07) is 7.17. The van der Waals surface area contributed by atoms with Gasteiger partial charge in [0.2, 0.25) is 0 Å². The number of hydrogen-bond donors (Lipinski definition) is 3. The number of benzene rings is 1. The first-order valence-electron chi connectivity index (χ1n) is 5.35. The van der Waals surface area contributed by atoms with E-state index in [0.717, 1.165) is 31.5 Å². The van der Waals surface area contributed by atoms with E-state index < -0.39 is 0 Å². The summed E-state index contributed by atoms with van der Waals surface area (Å²) in [4.78, 5) is 0. The lowest BCUT2D eigenvalue weighted by atomic mass is 10.2. The minimum atomic E-state index is -0.208. The molecule has 0 saturated heterocycles. The fraction of sp³-hybridized carbons (Fsp3) is 0.500. The normalized spacial score (nSPS) is 12.7. The highest BCUT2D eigenvalue weighted by molar-refractivity contribution is 5.25. The van der Waals surface area contributed by atoms with Crippen LogP contribution >= 0.6 is 0 Å². The number of nitrogens with one attached hydrogen (secondary N) is 1. The number of rotatable bonds is 6. The third-order valence-corrected chi connectivity index (χ3v) is 2.24. The minimum Gasteiger partial charge on any atom is -0.508 e. The van der Waals surface area contributed by atoms with Crippen LogP contribution in [-0.2, 0) is 6.54 Å². The van der Waals surface area contributed by atoms with Crippen LogP contribution in [0, 0.1) is 0 Å². The molecule has 0 heterocycles. The molecule has 0 aliphatic heterocycles. The highest BCUT2D eigenvalue weighted by Crippen LogP contribution is 2.09. The first-order chi connectivity index (χ1) is 7.18. The molecule has 0 bridgehead atoms. The topological polar surface area (TPSA) is 52.5 Å². The highest BCUT2D eigenvalue weighted by Gasteiger charge is 1.96. The second-order valence-electron chi connectivity index (χ2n) is 3.83. The van der Waals surface area contributed by atoms with Crippen molar-refractivity contribution in [3.63, 3.8) is 0 Å². The van der Waals surface area contributed by atoms with E-state index in [1.54, 1.807) is 19.1 Å². The molecule has 0 spiro atoms. The second kappa shape index (κ2) is 6.43. The molecule has 3 heteroatoms. The van der Waals surface area contributed by atoms with Gasteiger partial charge in [-0.25, -0.2) is 0 Å². The van der Waals surface area contributed by atoms with Crippen molar-refractivity contribution in [2.24, 2.45) is 0 Å². The summed E-state index contributed by atoms with van der Waals surface area (Å²) in [7, 11) is 0. The minimum absolute atomic E-state index is 0.208. The van der Waals surface area contributed by atoms with Gasteiger partial charge in [-0.15, -0.1) is 0 Å². The molecule has 84 valence electrons. The Bertz CT molecular complexity index is 269. The predicted molar refractivity (Wildman–Crippen MR) is 60.7 cm³/mol. The lowest BCUT2D eigenvalue weighted by molar-refractivity contribution is 0.181. The van der Waals surface area contributed by atoms with Crippen LogP contribution in [0.4, 0.5) is 0 Å². The van der Waals surface area contributed by atoms with Crippen molar-refractivity contribution in [2.45, 2.75) is 32.4 Å². The number of phenols is 1. The van der Waals surface area contributed by atoms with E-state index in [-0.39, 0.29) is 6.10 Å². The Balaban J connectivity index is 2.12. The molecule has 0 aromatic heterocycles. The van der Waals surface area contributed by atoms with Crippen LogP contribution in [0.25, 0.3) is 0 Å². The van der Waals surface area contributed by atoms with Gasteiger partial charge >= 0.3 is 0 Å². The van der Waals surface area contributed by atoms with Gasteiger partial charge in [0.25, 0.3) is 0 Å². The van der Waals surface area contributed by atoms with Gasteiger partial charge in [0, 0.05) is 6.54 Å². The smallest absolute Gasteiger partial charge is 0.115 e. The van der Waals surface area contributed by atoms with E-state index in [1.807, 2.05) is 12.1 Å². The van der Waals surface area contributed by atoms with E-state index in [2.05, 4.69) is 5.32 Å². The van der Waals surface area contributed by atoms with Crippen molar-refractivity contribution in [3.8, 4) is 5.75 Å². The summed E-state index contributed by atoms with van der Waals surface area (Å²) in [5, 5.41) is 21.4. The Morgan fingerprint density at radius 1 is 1.27 bits per heavy atom. The maximum atomic E-state index is 9.08. The number of aliphatic hydroxyl groups is 1. The zero-order valence-corrected chi connectivity index (χ0v) is 9.11. The Labute approximate surface area is 90.8 Å². The van der Waals surface area contributed by atoms with Crippen molar-refractivity contribution in [1.82, 2.24) is 5.32 Å². The summed E-state index contributed by atoms with van der Waals surface area (Å²) in [6.07, 6.45) is 1.61. The Hall–Kier alpha value is -1.06. The molecule has 0 saturated carbocycles. The van der Waals surface area contributed by atoms with Crippen molar-refractivity contribution < 1.29 is 10.2 Å². The maximum Gasteiger partial charge on any atom is 0.115 e. The van der Waals surface area contributed by atoms with E-state index in [1.165, 1.54) is 0 Å². The maximum absolute atomic E-state index is 9.08. The highest BCUT2D eigenvalue weighted by atomic mass is 16.3. The number of aromatic hydroxyl groups is 1. The molecule has 1 unspecified atom stereocenters. The van der Waals surface area contributed by atoms with E-state index >= 15 is 0 Å². The van der Waals surface area contributed by atoms with Crippen LogP contribution < -0.4 is 5.32 Å². The summed E-state index contributed by atoms with van der Waals surface area (Å²) in [6.45, 7) is 3.52. The molecule has 1 aromatic rings. The molecule has 1 atom stereocenters. The van der Waals surface area contributed by atoms with Gasteiger partial charge in [-0.05, 0) is 44.0 Å². The zero-order valence-electron chi connectivity index (χ0n) is 9.11. The van der Waals surface area contributed by atoms with E-state index in [4.69, 9.17) is 10.2 Å². The predicted octanol–water partition coefficient (Wildman–Crippen LogP) is 1.64. The standard InChI is InChI=1S/C12H19NO2/c1-10(14)3-2-8-13-9-11-4-6-12(15)7-5-11/h4-7,10,13-15H,2-3,8-9H2,1H3. The van der Waals surface area contributed by atoms with Crippen LogP contribution in [0.1, 0.15) is 25.3 Å². The van der Waals surface area contributed by atoms with Gasteiger partial charge in [0.15, 0.2) is 0 Å². The molecule has 0 fully saturated rings. The first kappa shape index (κ1) is 12.0. The SMILES string of the molecule is CC(O)CCCNCc1ccc(O)cc1. The largest absolute Gasteiger partial charge is 0.508 e. The van der Waals surface area contributed by atoms with Crippen LogP contribution in [0.5, 0.6) is 5.75 Å². The molecule has 3 nitrogen and oxygen atoms in total. The molecule has 0 aliphatic rings. The monoisotopic (exact) mass is 209 g/mol. The molecule has 0 aliphatic carbocycles. The number of aliphatic hydroxyl groups excluding tert-OH is 1. The van der Waals surface area contributed by atoms with Gasteiger partial charge < -0.3 is 15.5 Å². The van der Waals surface area contributed by atoms with Crippen LogP contribution in [0.15, 0.2) is 24.3 Å². The quantitative estimate of drug-likeness (QED) is 0.624. The lowest BCUT2D eigenvalue weighted by Crippen LogP contribution is -2.16. The third-order valence-electron chi connectivity index (χ3n) is 2.24. The Kier molecular flexibility index (Phi) is 5.15. The molecule has 3 N–H and O–H groups in total. The summed E-state index contributed by atoms with van der Waals surface area (Å²) < 4.78 is 0. The zero-order chi connectivity index (χ0) is 11.1. The number of hydrogen-bond acceptors (Lipinski definition) is 3. The summed E-state index contributed by atoms with van der Waals surface area (Å²) in [5.74, 6) is 0.299. The molecule has 1 aromatic carbocycles. The first-order valence-corrected chi connectivity index (χ1v) is 5.35. The molecule has 0 radical (unpaired) electrons. The molecular formula is C12H19NO2. The van der Waals surface area contributed by atoms with Gasteiger partial charge in [-0.2, -0.15) is 0 Å². The average molecular weight is 209 g/mol. The van der Waals surface area contributed by atoms with Crippen LogP contribution in [0.3, 0.4) is 0 Å². The van der Waals surface area contributed by atoms with Crippen molar-refractivity contribution in [1.29, 1.82) is 0 Å². The van der Waals surface area contributed by atoms with E-state index in [9.17, 15) is 0 Å². The van der Waals surface area contributed by atoms with Crippen molar-refractivity contribution in [2.75, 3.05) is 6.54 Å². The average Bonchev–Trinajstić information content (AvgIpc) is 2.20. The van der Waals surface area contributed by atoms with Crippen molar-refractivity contribution >= 4 is 0 Å². The Morgan fingerprint density at radius 3 is 2.53 bits per heavy atom. The Morgan fingerprint density at radius 2 is 1.93 bits per heavy atom. The van der Waals surface area contributed by atoms with Gasteiger partial charge in [-0.3, -0.25) is 0 Å². The van der Waals surface area contributed by atoms with Gasteiger partial charge in [0.05, 0.1) is 6.10 Å². The molecule has 1 rings (SSSR count). The van der Waals surface area contributed by atoms with Gasteiger partial charge in [0.1, 0.15) is 5.75 Å². The molecule has 15 heavy (non-hydrogen) atoms.